The van der Waals surface area contributed by atoms with Crippen molar-refractivity contribution in [1.29, 1.82) is 0 Å². The summed E-state index contributed by atoms with van der Waals surface area (Å²) in [6.45, 7) is 7.63. The summed E-state index contributed by atoms with van der Waals surface area (Å²) in [6.07, 6.45) is 1.02. The maximum atomic E-state index is 12.0. The average Bonchev–Trinajstić information content (AvgIpc) is 2.35. The molecule has 0 aromatic heterocycles. The molecule has 0 bridgehead atoms. The molecule has 0 fully saturated rings. The summed E-state index contributed by atoms with van der Waals surface area (Å²) in [4.78, 5) is 0.421. The van der Waals surface area contributed by atoms with Crippen LogP contribution in [0.4, 0.5) is 0 Å². The van der Waals surface area contributed by atoms with Crippen LogP contribution in [-0.2, 0) is 9.84 Å². The van der Waals surface area contributed by atoms with Gasteiger partial charge in [0.25, 0.3) is 0 Å². The van der Waals surface area contributed by atoms with Crippen LogP contribution in [0.5, 0.6) is 0 Å². The Balaban J connectivity index is 2.67. The van der Waals surface area contributed by atoms with E-state index in [-0.39, 0.29) is 5.75 Å². The Morgan fingerprint density at radius 3 is 2.22 bits per heavy atom. The van der Waals surface area contributed by atoms with Crippen molar-refractivity contribution in [2.24, 2.45) is 0 Å². The molecule has 4 heteroatoms. The Bertz CT molecular complexity index is 449. The summed E-state index contributed by atoms with van der Waals surface area (Å²) in [6, 6.07) is 7.23. The first-order valence-corrected chi connectivity index (χ1v) is 8.16. The predicted octanol–water partition coefficient (Wildman–Crippen LogP) is 2.58. The summed E-state index contributed by atoms with van der Waals surface area (Å²) in [5, 5.41) is 3.11. The molecule has 0 unspecified atom stereocenters. The van der Waals surface area contributed by atoms with Gasteiger partial charge in [0.2, 0.25) is 0 Å². The van der Waals surface area contributed by atoms with Gasteiger partial charge in [-0.2, -0.15) is 0 Å². The maximum Gasteiger partial charge on any atom is 0.179 e. The quantitative estimate of drug-likeness (QED) is 0.774. The highest BCUT2D eigenvalue weighted by Gasteiger charge is 2.13. The highest BCUT2D eigenvalue weighted by atomic mass is 32.2. The van der Waals surface area contributed by atoms with Crippen molar-refractivity contribution in [2.75, 3.05) is 18.8 Å². The second-order valence-corrected chi connectivity index (χ2v) is 6.90. The fourth-order valence-electron chi connectivity index (χ4n) is 1.69. The van der Waals surface area contributed by atoms with Crippen LogP contribution in [0.2, 0.25) is 0 Å². The highest BCUT2D eigenvalue weighted by Crippen LogP contribution is 2.17. The van der Waals surface area contributed by atoms with E-state index >= 15 is 0 Å². The second-order valence-electron chi connectivity index (χ2n) is 4.79. The molecular formula is C14H23NO2S. The largest absolute Gasteiger partial charge is 0.316 e. The molecule has 1 N–H and O–H groups in total. The van der Waals surface area contributed by atoms with Crippen LogP contribution in [0.1, 0.15) is 38.7 Å². The Morgan fingerprint density at radius 1 is 1.11 bits per heavy atom. The third-order valence-electron chi connectivity index (χ3n) is 2.88. The number of sulfone groups is 1. The topological polar surface area (TPSA) is 46.2 Å². The van der Waals surface area contributed by atoms with Crippen LogP contribution in [0, 0.1) is 0 Å². The standard InChI is InChI=1S/C14H23NO2S/c1-4-9-15-10-11-18(16,17)14-7-5-13(6-8-14)12(2)3/h5-8,12,15H,4,9-11H2,1-3H3. The first kappa shape index (κ1) is 15.2. The lowest BCUT2D eigenvalue weighted by molar-refractivity contribution is 0.590. The van der Waals surface area contributed by atoms with Crippen molar-refractivity contribution in [1.82, 2.24) is 5.32 Å². The molecule has 0 saturated heterocycles. The monoisotopic (exact) mass is 269 g/mol. The normalized spacial score (nSPS) is 12.0. The van der Waals surface area contributed by atoms with Crippen molar-refractivity contribution in [3.8, 4) is 0 Å². The third kappa shape index (κ3) is 4.42. The van der Waals surface area contributed by atoms with Crippen LogP contribution in [0.15, 0.2) is 29.2 Å². The van der Waals surface area contributed by atoms with E-state index in [2.05, 4.69) is 26.1 Å². The smallest absolute Gasteiger partial charge is 0.179 e. The Labute approximate surface area is 111 Å². The SMILES string of the molecule is CCCNCCS(=O)(=O)c1ccc(C(C)C)cc1. The molecule has 0 aliphatic heterocycles. The van der Waals surface area contributed by atoms with E-state index in [0.29, 0.717) is 17.4 Å². The number of hydrogen-bond acceptors (Lipinski definition) is 3. The summed E-state index contributed by atoms with van der Waals surface area (Å²) in [7, 11) is -3.15. The minimum absolute atomic E-state index is 0.161. The van der Waals surface area contributed by atoms with Gasteiger partial charge >= 0.3 is 0 Å². The van der Waals surface area contributed by atoms with Crippen LogP contribution < -0.4 is 5.32 Å². The molecule has 0 heterocycles. The van der Waals surface area contributed by atoms with Gasteiger partial charge in [-0.3, -0.25) is 0 Å². The first-order valence-electron chi connectivity index (χ1n) is 6.51. The Kier molecular flexibility index (Phi) is 5.82. The summed E-state index contributed by atoms with van der Waals surface area (Å²) >= 11 is 0. The number of hydrogen-bond donors (Lipinski definition) is 1. The maximum absolute atomic E-state index is 12.0. The van der Waals surface area contributed by atoms with Gasteiger partial charge in [-0.25, -0.2) is 8.42 Å². The van der Waals surface area contributed by atoms with Crippen LogP contribution >= 0.6 is 0 Å². The van der Waals surface area contributed by atoms with Gasteiger partial charge in [0.15, 0.2) is 9.84 Å². The number of nitrogens with one attached hydrogen (secondary N) is 1. The van der Waals surface area contributed by atoms with Crippen LogP contribution in [-0.4, -0.2) is 27.3 Å². The minimum atomic E-state index is -3.15. The lowest BCUT2D eigenvalue weighted by atomic mass is 10.0. The third-order valence-corrected chi connectivity index (χ3v) is 4.61. The Hall–Kier alpha value is -0.870. The van der Waals surface area contributed by atoms with Gasteiger partial charge in [0, 0.05) is 6.54 Å². The van der Waals surface area contributed by atoms with Crippen LogP contribution in [0.25, 0.3) is 0 Å². The van der Waals surface area contributed by atoms with Gasteiger partial charge in [-0.1, -0.05) is 32.9 Å². The molecule has 1 rings (SSSR count). The van der Waals surface area contributed by atoms with E-state index in [1.807, 2.05) is 12.1 Å². The molecule has 1 aromatic rings. The van der Waals surface area contributed by atoms with Gasteiger partial charge < -0.3 is 5.32 Å². The van der Waals surface area contributed by atoms with Gasteiger partial charge in [-0.05, 0) is 36.6 Å². The molecular weight excluding hydrogens is 246 g/mol. The van der Waals surface area contributed by atoms with Gasteiger partial charge in [0.1, 0.15) is 0 Å². The second kappa shape index (κ2) is 6.90. The summed E-state index contributed by atoms with van der Waals surface area (Å²) in [5.41, 5.74) is 1.16. The minimum Gasteiger partial charge on any atom is -0.316 e. The van der Waals surface area contributed by atoms with E-state index in [1.165, 1.54) is 0 Å². The lowest BCUT2D eigenvalue weighted by Crippen LogP contribution is -2.23. The molecule has 3 nitrogen and oxygen atoms in total. The van der Waals surface area contributed by atoms with Gasteiger partial charge in [-0.15, -0.1) is 0 Å². The van der Waals surface area contributed by atoms with E-state index in [0.717, 1.165) is 18.5 Å². The molecule has 18 heavy (non-hydrogen) atoms. The van der Waals surface area contributed by atoms with Crippen molar-refractivity contribution in [3.63, 3.8) is 0 Å². The molecule has 0 amide bonds. The highest BCUT2D eigenvalue weighted by molar-refractivity contribution is 7.91. The van der Waals surface area contributed by atoms with Crippen molar-refractivity contribution >= 4 is 9.84 Å². The average molecular weight is 269 g/mol. The number of rotatable bonds is 7. The van der Waals surface area contributed by atoms with Crippen molar-refractivity contribution < 1.29 is 8.42 Å². The lowest BCUT2D eigenvalue weighted by Gasteiger charge is -2.08. The zero-order valence-corrected chi connectivity index (χ0v) is 12.3. The van der Waals surface area contributed by atoms with Crippen LogP contribution in [0.3, 0.4) is 0 Å². The molecule has 102 valence electrons. The Morgan fingerprint density at radius 2 is 1.72 bits per heavy atom. The van der Waals surface area contributed by atoms with E-state index < -0.39 is 9.84 Å². The fraction of sp³-hybridized carbons (Fsp3) is 0.571. The van der Waals surface area contributed by atoms with E-state index in [1.54, 1.807) is 12.1 Å². The molecule has 0 spiro atoms. The fourth-order valence-corrected chi connectivity index (χ4v) is 2.89. The predicted molar refractivity (Wildman–Crippen MR) is 75.7 cm³/mol. The summed E-state index contributed by atoms with van der Waals surface area (Å²) < 4.78 is 24.1. The zero-order chi connectivity index (χ0) is 13.6. The van der Waals surface area contributed by atoms with Gasteiger partial charge in [0.05, 0.1) is 10.6 Å². The molecule has 0 aliphatic rings. The molecule has 1 aromatic carbocycles. The zero-order valence-electron chi connectivity index (χ0n) is 11.4. The van der Waals surface area contributed by atoms with E-state index in [4.69, 9.17) is 0 Å². The molecule has 0 radical (unpaired) electrons. The van der Waals surface area contributed by atoms with Crippen molar-refractivity contribution in [2.45, 2.75) is 38.0 Å². The summed E-state index contributed by atoms with van der Waals surface area (Å²) in [5.74, 6) is 0.585. The first-order chi connectivity index (χ1) is 8.47. The van der Waals surface area contributed by atoms with Crippen molar-refractivity contribution in [3.05, 3.63) is 29.8 Å². The van der Waals surface area contributed by atoms with E-state index in [9.17, 15) is 8.42 Å². The molecule has 0 aliphatic carbocycles. The molecule has 0 saturated carbocycles. The number of benzene rings is 1. The molecule has 0 atom stereocenters.